The van der Waals surface area contributed by atoms with E-state index in [1.165, 1.54) is 0 Å². The average Bonchev–Trinajstić information content (AvgIpc) is 2.17. The predicted octanol–water partition coefficient (Wildman–Crippen LogP) is 1.97. The van der Waals surface area contributed by atoms with Gasteiger partial charge < -0.3 is 0 Å². The van der Waals surface area contributed by atoms with Gasteiger partial charge in [0.05, 0.1) is 10.8 Å². The molecule has 0 saturated heterocycles. The van der Waals surface area contributed by atoms with Crippen molar-refractivity contribution in [2.24, 2.45) is 0 Å². The van der Waals surface area contributed by atoms with Gasteiger partial charge in [-0.05, 0) is 17.5 Å². The van der Waals surface area contributed by atoms with Crippen LogP contribution in [0.4, 0.5) is 0 Å². The third-order valence-corrected chi connectivity index (χ3v) is 2.93. The van der Waals surface area contributed by atoms with Crippen LogP contribution in [-0.4, -0.2) is 15.4 Å². The molecule has 1 unspecified atom stereocenters. The third kappa shape index (κ3) is 1.47. The van der Waals surface area contributed by atoms with Gasteiger partial charge in [0, 0.05) is 28.9 Å². The second kappa shape index (κ2) is 3.26. The number of aromatic nitrogens is 1. The first-order valence-corrected chi connectivity index (χ1v) is 5.51. The maximum Gasteiger partial charge on any atom is 0.0505 e. The molecule has 0 radical (unpaired) electrons. The standard InChI is InChI=1S/C10H9NOS/c1-13(12)10-4-2-3-8-5-6-11-7-9(8)10/h2-7H,1H3. The highest BCUT2D eigenvalue weighted by Crippen LogP contribution is 2.19. The van der Waals surface area contributed by atoms with Crippen molar-refractivity contribution in [3.05, 3.63) is 36.7 Å². The minimum Gasteiger partial charge on any atom is -0.264 e. The van der Waals surface area contributed by atoms with Gasteiger partial charge in [-0.3, -0.25) is 9.19 Å². The molecule has 1 heterocycles. The van der Waals surface area contributed by atoms with Crippen LogP contribution in [0, 0.1) is 0 Å². The molecule has 0 amide bonds. The average molecular weight is 191 g/mol. The van der Waals surface area contributed by atoms with Crippen molar-refractivity contribution < 1.29 is 4.21 Å². The Hall–Kier alpha value is -1.22. The fourth-order valence-corrected chi connectivity index (χ4v) is 2.09. The van der Waals surface area contributed by atoms with Crippen molar-refractivity contribution in [1.29, 1.82) is 0 Å². The molecule has 0 aliphatic carbocycles. The molecule has 3 heteroatoms. The van der Waals surface area contributed by atoms with E-state index in [4.69, 9.17) is 0 Å². The van der Waals surface area contributed by atoms with Crippen LogP contribution in [0.5, 0.6) is 0 Å². The van der Waals surface area contributed by atoms with Gasteiger partial charge in [0.15, 0.2) is 0 Å². The van der Waals surface area contributed by atoms with E-state index >= 15 is 0 Å². The lowest BCUT2D eigenvalue weighted by Gasteiger charge is -2.01. The molecule has 1 aromatic heterocycles. The van der Waals surface area contributed by atoms with Crippen LogP contribution in [0.2, 0.25) is 0 Å². The molecule has 1 atom stereocenters. The largest absolute Gasteiger partial charge is 0.264 e. The van der Waals surface area contributed by atoms with Crippen LogP contribution >= 0.6 is 0 Å². The minimum atomic E-state index is -0.944. The predicted molar refractivity (Wildman–Crippen MR) is 54.1 cm³/mol. The summed E-state index contributed by atoms with van der Waals surface area (Å²) < 4.78 is 11.3. The second-order valence-electron chi connectivity index (χ2n) is 2.81. The van der Waals surface area contributed by atoms with Gasteiger partial charge in [0.25, 0.3) is 0 Å². The van der Waals surface area contributed by atoms with E-state index in [0.29, 0.717) is 0 Å². The van der Waals surface area contributed by atoms with Crippen molar-refractivity contribution in [3.8, 4) is 0 Å². The molecule has 0 fully saturated rings. The van der Waals surface area contributed by atoms with Crippen molar-refractivity contribution >= 4 is 21.6 Å². The molecule has 13 heavy (non-hydrogen) atoms. The van der Waals surface area contributed by atoms with Gasteiger partial charge in [0.2, 0.25) is 0 Å². The van der Waals surface area contributed by atoms with E-state index in [9.17, 15) is 4.21 Å². The van der Waals surface area contributed by atoms with Crippen molar-refractivity contribution in [2.75, 3.05) is 6.26 Å². The Morgan fingerprint density at radius 2 is 2.15 bits per heavy atom. The molecule has 0 bridgehead atoms. The third-order valence-electron chi connectivity index (χ3n) is 1.95. The summed E-state index contributed by atoms with van der Waals surface area (Å²) in [7, 11) is -0.944. The summed E-state index contributed by atoms with van der Waals surface area (Å²) in [5, 5.41) is 2.06. The summed E-state index contributed by atoms with van der Waals surface area (Å²) in [4.78, 5) is 4.87. The molecule has 0 aliphatic rings. The molecule has 1 aromatic carbocycles. The summed E-state index contributed by atoms with van der Waals surface area (Å²) in [6.45, 7) is 0. The van der Waals surface area contributed by atoms with Crippen molar-refractivity contribution in [1.82, 2.24) is 4.98 Å². The number of hydrogen-bond donors (Lipinski definition) is 0. The Morgan fingerprint density at radius 3 is 2.92 bits per heavy atom. The number of pyridine rings is 1. The topological polar surface area (TPSA) is 30.0 Å². The molecular weight excluding hydrogens is 182 g/mol. The maximum absolute atomic E-state index is 11.3. The molecule has 0 spiro atoms. The fourth-order valence-electron chi connectivity index (χ4n) is 1.34. The molecule has 2 nitrogen and oxygen atoms in total. The Balaban J connectivity index is 2.83. The first kappa shape index (κ1) is 8.38. The quantitative estimate of drug-likeness (QED) is 0.689. The lowest BCUT2D eigenvalue weighted by molar-refractivity contribution is 0.687. The Morgan fingerprint density at radius 1 is 1.31 bits per heavy atom. The van der Waals surface area contributed by atoms with E-state index in [1.807, 2.05) is 24.3 Å². The fraction of sp³-hybridized carbons (Fsp3) is 0.100. The van der Waals surface area contributed by atoms with Gasteiger partial charge in [-0.15, -0.1) is 0 Å². The summed E-state index contributed by atoms with van der Waals surface area (Å²) in [6, 6.07) is 7.71. The highest BCUT2D eigenvalue weighted by Gasteiger charge is 2.02. The van der Waals surface area contributed by atoms with Gasteiger partial charge in [-0.2, -0.15) is 0 Å². The normalized spacial score (nSPS) is 13.0. The number of nitrogens with zero attached hydrogens (tertiary/aromatic N) is 1. The highest BCUT2D eigenvalue weighted by atomic mass is 32.2. The summed E-state index contributed by atoms with van der Waals surface area (Å²) in [5.41, 5.74) is 0. The van der Waals surface area contributed by atoms with Gasteiger partial charge >= 0.3 is 0 Å². The summed E-state index contributed by atoms with van der Waals surface area (Å²) in [6.07, 6.45) is 5.18. The van der Waals surface area contributed by atoms with E-state index in [0.717, 1.165) is 15.7 Å². The lowest BCUT2D eigenvalue weighted by atomic mass is 10.2. The van der Waals surface area contributed by atoms with Crippen molar-refractivity contribution in [2.45, 2.75) is 4.90 Å². The van der Waals surface area contributed by atoms with Crippen LogP contribution in [-0.2, 0) is 10.8 Å². The monoisotopic (exact) mass is 191 g/mol. The van der Waals surface area contributed by atoms with Crippen molar-refractivity contribution in [3.63, 3.8) is 0 Å². The van der Waals surface area contributed by atoms with E-state index in [1.54, 1.807) is 18.6 Å². The van der Waals surface area contributed by atoms with Gasteiger partial charge in [-0.1, -0.05) is 12.1 Å². The zero-order chi connectivity index (χ0) is 9.26. The zero-order valence-corrected chi connectivity index (χ0v) is 8.04. The second-order valence-corrected chi connectivity index (χ2v) is 4.16. The van der Waals surface area contributed by atoms with E-state index in [2.05, 4.69) is 4.98 Å². The molecule has 0 aliphatic heterocycles. The van der Waals surface area contributed by atoms with Gasteiger partial charge in [0.1, 0.15) is 0 Å². The molecule has 0 saturated carbocycles. The Bertz CT molecular complexity index is 462. The Labute approximate surface area is 79.1 Å². The van der Waals surface area contributed by atoms with Crippen LogP contribution in [0.15, 0.2) is 41.6 Å². The van der Waals surface area contributed by atoms with E-state index in [-0.39, 0.29) is 0 Å². The molecule has 0 N–H and O–H groups in total. The Kier molecular flexibility index (Phi) is 2.10. The highest BCUT2D eigenvalue weighted by molar-refractivity contribution is 7.84. The van der Waals surface area contributed by atoms with E-state index < -0.39 is 10.8 Å². The number of rotatable bonds is 1. The molecule has 66 valence electrons. The van der Waals surface area contributed by atoms with Crippen LogP contribution in [0.3, 0.4) is 0 Å². The first-order chi connectivity index (χ1) is 6.29. The first-order valence-electron chi connectivity index (χ1n) is 3.95. The molecule has 2 rings (SSSR count). The SMILES string of the molecule is CS(=O)c1cccc2ccncc12. The maximum atomic E-state index is 11.3. The van der Waals surface area contributed by atoms with Gasteiger partial charge in [-0.25, -0.2) is 0 Å². The zero-order valence-electron chi connectivity index (χ0n) is 7.23. The molecule has 2 aromatic rings. The molecular formula is C10H9NOS. The van der Waals surface area contributed by atoms with Crippen LogP contribution in [0.25, 0.3) is 10.8 Å². The lowest BCUT2D eigenvalue weighted by Crippen LogP contribution is -1.89. The number of fused-ring (bicyclic) bond motifs is 1. The summed E-state index contributed by atoms with van der Waals surface area (Å²) in [5.74, 6) is 0. The minimum absolute atomic E-state index is 0.852. The summed E-state index contributed by atoms with van der Waals surface area (Å²) >= 11 is 0. The van der Waals surface area contributed by atoms with Crippen LogP contribution < -0.4 is 0 Å². The van der Waals surface area contributed by atoms with Crippen LogP contribution in [0.1, 0.15) is 0 Å². The number of hydrogen-bond acceptors (Lipinski definition) is 2. The number of benzene rings is 1. The smallest absolute Gasteiger partial charge is 0.0505 e.